The van der Waals surface area contributed by atoms with Crippen molar-refractivity contribution in [3.05, 3.63) is 53.8 Å². The molecule has 1 heteroatoms. The lowest BCUT2D eigenvalue weighted by Gasteiger charge is -1.99. The van der Waals surface area contributed by atoms with Gasteiger partial charge in [-0.1, -0.05) is 52.8 Å². The summed E-state index contributed by atoms with van der Waals surface area (Å²) in [5, 5.41) is 0.853. The molecule has 0 aliphatic carbocycles. The minimum absolute atomic E-state index is 0.853. The minimum atomic E-state index is 0.853. The van der Waals surface area contributed by atoms with Crippen molar-refractivity contribution in [2.45, 2.75) is 6.42 Å². The van der Waals surface area contributed by atoms with E-state index in [1.165, 1.54) is 11.1 Å². The number of hydrogen-bond acceptors (Lipinski definition) is 0. The monoisotopic (exact) mass is 222 g/mol. The molecule has 0 saturated carbocycles. The number of rotatable bonds is 3. The molecule has 0 heterocycles. The molecule has 0 radical (unpaired) electrons. The van der Waals surface area contributed by atoms with E-state index in [-0.39, 0.29) is 0 Å². The van der Waals surface area contributed by atoms with Crippen molar-refractivity contribution in [2.75, 3.05) is 5.33 Å². The first-order chi connectivity index (χ1) is 5.86. The second kappa shape index (κ2) is 4.97. The summed E-state index contributed by atoms with van der Waals surface area (Å²) in [7, 11) is 0. The average Bonchev–Trinajstić information content (AvgIpc) is 2.16. The van der Waals surface area contributed by atoms with E-state index in [4.69, 9.17) is 0 Å². The molecule has 62 valence electrons. The van der Waals surface area contributed by atoms with Gasteiger partial charge in [0.1, 0.15) is 0 Å². The fourth-order valence-corrected chi connectivity index (χ4v) is 1.40. The van der Waals surface area contributed by atoms with Gasteiger partial charge in [-0.2, -0.15) is 0 Å². The Morgan fingerprint density at radius 2 is 2.00 bits per heavy atom. The molecule has 0 aliphatic heterocycles. The number of allylic oxidation sites excluding steroid dienone is 1. The van der Waals surface area contributed by atoms with Crippen LogP contribution in [0.2, 0.25) is 0 Å². The lowest BCUT2D eigenvalue weighted by Crippen LogP contribution is -1.89. The van der Waals surface area contributed by atoms with Gasteiger partial charge in [-0.25, -0.2) is 0 Å². The van der Waals surface area contributed by atoms with Gasteiger partial charge in [0.05, 0.1) is 0 Å². The highest BCUT2D eigenvalue weighted by atomic mass is 79.9. The largest absolute Gasteiger partial charge is 0.128 e. The van der Waals surface area contributed by atoms with Gasteiger partial charge < -0.3 is 0 Å². The lowest BCUT2D eigenvalue weighted by molar-refractivity contribution is 1.16. The van der Waals surface area contributed by atoms with Crippen LogP contribution in [0.4, 0.5) is 0 Å². The van der Waals surface area contributed by atoms with Crippen molar-refractivity contribution >= 4 is 15.9 Å². The SMILES string of the molecule is C=C=C(CBr)Cc1ccccc1. The van der Waals surface area contributed by atoms with E-state index >= 15 is 0 Å². The van der Waals surface area contributed by atoms with Crippen LogP contribution in [0.1, 0.15) is 5.56 Å². The number of alkyl halides is 1. The van der Waals surface area contributed by atoms with Gasteiger partial charge in [-0.3, -0.25) is 0 Å². The smallest absolute Gasteiger partial charge is 0.0321 e. The predicted octanol–water partition coefficient (Wildman–Crippen LogP) is 3.34. The fourth-order valence-electron chi connectivity index (χ4n) is 0.999. The average molecular weight is 223 g/mol. The zero-order chi connectivity index (χ0) is 8.81. The normalized spacial score (nSPS) is 9.08. The summed E-state index contributed by atoms with van der Waals surface area (Å²) in [4.78, 5) is 0. The van der Waals surface area contributed by atoms with Gasteiger partial charge in [0.15, 0.2) is 0 Å². The summed E-state index contributed by atoms with van der Waals surface area (Å²) in [6, 6.07) is 10.3. The highest BCUT2D eigenvalue weighted by Gasteiger charge is 1.95. The van der Waals surface area contributed by atoms with Crippen LogP contribution in [0, 0.1) is 0 Å². The topological polar surface area (TPSA) is 0 Å². The van der Waals surface area contributed by atoms with Crippen LogP contribution in [0.5, 0.6) is 0 Å². The Balaban J connectivity index is 2.70. The van der Waals surface area contributed by atoms with Crippen molar-refractivity contribution in [1.29, 1.82) is 0 Å². The highest BCUT2D eigenvalue weighted by Crippen LogP contribution is 2.08. The van der Waals surface area contributed by atoms with Gasteiger partial charge >= 0.3 is 0 Å². The van der Waals surface area contributed by atoms with Crippen LogP contribution in [0.3, 0.4) is 0 Å². The summed E-state index contributed by atoms with van der Waals surface area (Å²) >= 11 is 3.39. The standard InChI is InChI=1S/C11H11Br/c1-2-10(9-12)8-11-6-4-3-5-7-11/h3-7H,1,8-9H2. The van der Waals surface area contributed by atoms with Crippen LogP contribution >= 0.6 is 15.9 Å². The maximum atomic E-state index is 3.64. The zero-order valence-corrected chi connectivity index (χ0v) is 8.47. The van der Waals surface area contributed by atoms with Crippen molar-refractivity contribution in [3.8, 4) is 0 Å². The molecule has 1 aromatic rings. The Labute approximate surface area is 81.7 Å². The number of hydrogen-bond donors (Lipinski definition) is 0. The van der Waals surface area contributed by atoms with E-state index in [1.54, 1.807) is 0 Å². The molecule has 0 nitrogen and oxygen atoms in total. The van der Waals surface area contributed by atoms with Crippen molar-refractivity contribution in [3.63, 3.8) is 0 Å². The molecular weight excluding hydrogens is 212 g/mol. The summed E-state index contributed by atoms with van der Waals surface area (Å²) in [6.07, 6.45) is 0.940. The molecule has 0 aromatic heterocycles. The third kappa shape index (κ3) is 2.69. The molecule has 0 aliphatic rings. The zero-order valence-electron chi connectivity index (χ0n) is 6.89. The first-order valence-electron chi connectivity index (χ1n) is 3.84. The van der Waals surface area contributed by atoms with E-state index in [0.29, 0.717) is 0 Å². The van der Waals surface area contributed by atoms with Gasteiger partial charge in [0, 0.05) is 11.8 Å². The van der Waals surface area contributed by atoms with Gasteiger partial charge in [-0.15, -0.1) is 5.73 Å². The molecule has 0 fully saturated rings. The van der Waals surface area contributed by atoms with E-state index < -0.39 is 0 Å². The summed E-state index contributed by atoms with van der Waals surface area (Å²) < 4.78 is 0. The maximum Gasteiger partial charge on any atom is 0.0321 e. The highest BCUT2D eigenvalue weighted by molar-refractivity contribution is 9.09. The second-order valence-corrected chi connectivity index (χ2v) is 3.14. The second-order valence-electron chi connectivity index (χ2n) is 2.58. The molecule has 0 bridgehead atoms. The van der Waals surface area contributed by atoms with Crippen LogP contribution in [-0.2, 0) is 6.42 Å². The third-order valence-electron chi connectivity index (χ3n) is 1.67. The molecule has 0 N–H and O–H groups in total. The molecule has 12 heavy (non-hydrogen) atoms. The van der Waals surface area contributed by atoms with E-state index in [0.717, 1.165) is 11.8 Å². The molecule has 0 unspecified atom stereocenters. The van der Waals surface area contributed by atoms with E-state index in [9.17, 15) is 0 Å². The molecule has 0 saturated heterocycles. The Hall–Kier alpha value is -0.780. The Kier molecular flexibility index (Phi) is 3.86. The minimum Gasteiger partial charge on any atom is -0.128 e. The third-order valence-corrected chi connectivity index (χ3v) is 2.35. The quantitative estimate of drug-likeness (QED) is 0.544. The molecule has 0 atom stereocenters. The van der Waals surface area contributed by atoms with Crippen molar-refractivity contribution in [2.24, 2.45) is 0 Å². The van der Waals surface area contributed by atoms with Gasteiger partial charge in [-0.05, 0) is 11.1 Å². The molecule has 0 amide bonds. The van der Waals surface area contributed by atoms with Crippen molar-refractivity contribution in [1.82, 2.24) is 0 Å². The van der Waals surface area contributed by atoms with Gasteiger partial charge in [0.25, 0.3) is 0 Å². The Morgan fingerprint density at radius 1 is 1.33 bits per heavy atom. The first-order valence-corrected chi connectivity index (χ1v) is 4.96. The Morgan fingerprint density at radius 3 is 2.50 bits per heavy atom. The molecule has 0 spiro atoms. The van der Waals surface area contributed by atoms with Crippen LogP contribution < -0.4 is 0 Å². The summed E-state index contributed by atoms with van der Waals surface area (Å²) in [6.45, 7) is 3.64. The number of halogens is 1. The van der Waals surface area contributed by atoms with Crippen molar-refractivity contribution < 1.29 is 0 Å². The van der Waals surface area contributed by atoms with Crippen LogP contribution in [0.25, 0.3) is 0 Å². The van der Waals surface area contributed by atoms with Gasteiger partial charge in [0.2, 0.25) is 0 Å². The fraction of sp³-hybridized carbons (Fsp3) is 0.182. The first kappa shape index (κ1) is 9.31. The molecular formula is C11H11Br. The maximum absolute atomic E-state index is 3.64. The van der Waals surface area contributed by atoms with Crippen LogP contribution in [-0.4, -0.2) is 5.33 Å². The number of benzene rings is 1. The summed E-state index contributed by atoms with van der Waals surface area (Å²) in [5.74, 6) is 0. The lowest BCUT2D eigenvalue weighted by atomic mass is 10.1. The van der Waals surface area contributed by atoms with Crippen LogP contribution in [0.15, 0.2) is 48.2 Å². The summed E-state index contributed by atoms with van der Waals surface area (Å²) in [5.41, 5.74) is 5.42. The Bertz CT molecular complexity index is 281. The van der Waals surface area contributed by atoms with E-state index in [1.807, 2.05) is 18.2 Å². The molecule has 1 aromatic carbocycles. The molecule has 1 rings (SSSR count). The predicted molar refractivity (Wildman–Crippen MR) is 56.6 cm³/mol. The van der Waals surface area contributed by atoms with E-state index in [2.05, 4.69) is 40.4 Å².